The van der Waals surface area contributed by atoms with E-state index in [0.717, 1.165) is 41.2 Å². The molecule has 0 atom stereocenters. The number of nitrogens with one attached hydrogen (secondary N) is 1. The molecule has 0 spiro atoms. The lowest BCUT2D eigenvalue weighted by Gasteiger charge is -2.26. The molecule has 1 aliphatic heterocycles. The minimum absolute atomic E-state index is 0.679. The average molecular weight is 365 g/mol. The summed E-state index contributed by atoms with van der Waals surface area (Å²) in [6.07, 6.45) is 3.68. The van der Waals surface area contributed by atoms with Gasteiger partial charge in [-0.05, 0) is 11.6 Å². The van der Waals surface area contributed by atoms with Gasteiger partial charge in [-0.2, -0.15) is 0 Å². The molecule has 7 heteroatoms. The monoisotopic (exact) mass is 365 g/mol. The predicted molar refractivity (Wildman–Crippen MR) is 103 cm³/mol. The zero-order chi connectivity index (χ0) is 17.6. The van der Waals surface area contributed by atoms with Crippen LogP contribution in [0.5, 0.6) is 0 Å². The fraction of sp³-hybridized carbons (Fsp3) is 0.211. The van der Waals surface area contributed by atoms with Crippen LogP contribution in [0.2, 0.25) is 0 Å². The van der Waals surface area contributed by atoms with Crippen LogP contribution in [0.4, 0.5) is 0 Å². The third-order valence-corrected chi connectivity index (χ3v) is 4.96. The molecule has 0 saturated carbocycles. The van der Waals surface area contributed by atoms with E-state index in [0.29, 0.717) is 6.67 Å². The molecule has 132 valence electrons. The predicted octanol–water partition coefficient (Wildman–Crippen LogP) is 3.35. The van der Waals surface area contributed by atoms with Gasteiger partial charge in [0.1, 0.15) is 0 Å². The van der Waals surface area contributed by atoms with Gasteiger partial charge in [0.05, 0.1) is 19.0 Å². The van der Waals surface area contributed by atoms with Crippen molar-refractivity contribution in [1.82, 2.24) is 20.4 Å². The number of amidine groups is 1. The molecule has 4 rings (SSSR count). The molecule has 2 aromatic heterocycles. The van der Waals surface area contributed by atoms with E-state index in [2.05, 4.69) is 31.4 Å². The lowest BCUT2D eigenvalue weighted by Crippen LogP contribution is -2.41. The summed E-state index contributed by atoms with van der Waals surface area (Å²) in [6, 6.07) is 16.0. The largest absolute Gasteiger partial charge is 0.356 e. The normalized spacial score (nSPS) is 14.7. The average Bonchev–Trinajstić information content (AvgIpc) is 3.18. The zero-order valence-corrected chi connectivity index (χ0v) is 15.0. The van der Waals surface area contributed by atoms with Crippen LogP contribution < -0.4 is 5.32 Å². The summed E-state index contributed by atoms with van der Waals surface area (Å²) in [4.78, 5) is 11.0. The molecule has 3 heterocycles. The number of thioether (sulfide) groups is 1. The first kappa shape index (κ1) is 16.8. The molecule has 1 N–H and O–H groups in total. The zero-order valence-electron chi connectivity index (χ0n) is 14.2. The molecule has 1 aromatic carbocycles. The summed E-state index contributed by atoms with van der Waals surface area (Å²) < 4.78 is 5.44. The van der Waals surface area contributed by atoms with E-state index in [1.54, 1.807) is 18.0 Å². The highest BCUT2D eigenvalue weighted by atomic mass is 32.2. The Labute approximate surface area is 156 Å². The topological polar surface area (TPSA) is 66.6 Å². The first-order valence-corrected chi connectivity index (χ1v) is 9.39. The van der Waals surface area contributed by atoms with E-state index in [4.69, 9.17) is 4.52 Å². The Kier molecular flexibility index (Phi) is 5.27. The Hall–Kier alpha value is -2.64. The Morgan fingerprint density at radius 1 is 1.15 bits per heavy atom. The van der Waals surface area contributed by atoms with E-state index in [9.17, 15) is 0 Å². The smallest absolute Gasteiger partial charge is 0.167 e. The van der Waals surface area contributed by atoms with Crippen molar-refractivity contribution in [1.29, 1.82) is 0 Å². The minimum Gasteiger partial charge on any atom is -0.356 e. The van der Waals surface area contributed by atoms with Gasteiger partial charge in [-0.1, -0.05) is 53.3 Å². The first-order chi connectivity index (χ1) is 12.9. The molecule has 0 fully saturated rings. The van der Waals surface area contributed by atoms with Crippen LogP contribution in [-0.2, 0) is 12.3 Å². The molecule has 26 heavy (non-hydrogen) atoms. The van der Waals surface area contributed by atoms with Crippen molar-refractivity contribution in [3.05, 3.63) is 72.2 Å². The fourth-order valence-electron chi connectivity index (χ4n) is 2.66. The third-order valence-electron chi connectivity index (χ3n) is 3.97. The summed E-state index contributed by atoms with van der Waals surface area (Å²) in [7, 11) is 0. The van der Waals surface area contributed by atoms with Crippen LogP contribution in [0, 0.1) is 0 Å². The molecule has 0 radical (unpaired) electrons. The highest BCUT2D eigenvalue weighted by Crippen LogP contribution is 2.22. The molecule has 0 unspecified atom stereocenters. The van der Waals surface area contributed by atoms with E-state index >= 15 is 0 Å². The maximum Gasteiger partial charge on any atom is 0.167 e. The van der Waals surface area contributed by atoms with E-state index < -0.39 is 0 Å². The van der Waals surface area contributed by atoms with E-state index in [1.807, 2.05) is 48.7 Å². The van der Waals surface area contributed by atoms with Gasteiger partial charge in [0.2, 0.25) is 0 Å². The number of hydrogen-bond donors (Lipinski definition) is 1. The molecule has 0 amide bonds. The molecule has 3 aromatic rings. The van der Waals surface area contributed by atoms with Crippen molar-refractivity contribution in [2.24, 2.45) is 4.99 Å². The van der Waals surface area contributed by atoms with Gasteiger partial charge in [-0.15, -0.1) is 0 Å². The summed E-state index contributed by atoms with van der Waals surface area (Å²) >= 11 is 1.64. The van der Waals surface area contributed by atoms with Crippen molar-refractivity contribution in [3.63, 3.8) is 0 Å². The van der Waals surface area contributed by atoms with Crippen molar-refractivity contribution < 1.29 is 4.52 Å². The Morgan fingerprint density at radius 3 is 2.85 bits per heavy atom. The van der Waals surface area contributed by atoms with Gasteiger partial charge >= 0.3 is 0 Å². The standard InChI is InChI=1S/C19H19N5OS/c1-2-6-16(7-3-1)18-9-17(23-25-18)12-26-19-21-13-24(14-22-19)11-15-5-4-8-20-10-15/h1-10H,11-14H2,(H,21,22). The maximum atomic E-state index is 5.44. The van der Waals surface area contributed by atoms with Gasteiger partial charge in [0, 0.05) is 36.3 Å². The number of pyridine rings is 1. The summed E-state index contributed by atoms with van der Waals surface area (Å²) in [5.74, 6) is 1.52. The maximum absolute atomic E-state index is 5.44. The minimum atomic E-state index is 0.679. The highest BCUT2D eigenvalue weighted by molar-refractivity contribution is 8.13. The molecule has 0 aliphatic carbocycles. The van der Waals surface area contributed by atoms with E-state index in [-0.39, 0.29) is 0 Å². The fourth-order valence-corrected chi connectivity index (χ4v) is 3.40. The lowest BCUT2D eigenvalue weighted by molar-refractivity contribution is 0.258. The van der Waals surface area contributed by atoms with Crippen molar-refractivity contribution in [3.8, 4) is 11.3 Å². The van der Waals surface area contributed by atoms with Gasteiger partial charge in [-0.3, -0.25) is 9.88 Å². The SMILES string of the molecule is c1ccc(-c2cc(CSC3=NCN(Cc4cccnc4)CN3)no2)cc1. The Morgan fingerprint density at radius 2 is 2.08 bits per heavy atom. The molecule has 0 bridgehead atoms. The third kappa shape index (κ3) is 4.30. The number of hydrogen-bond acceptors (Lipinski definition) is 7. The number of aromatic nitrogens is 2. The summed E-state index contributed by atoms with van der Waals surface area (Å²) in [6.45, 7) is 2.29. The van der Waals surface area contributed by atoms with Crippen LogP contribution >= 0.6 is 11.8 Å². The lowest BCUT2D eigenvalue weighted by atomic mass is 10.2. The van der Waals surface area contributed by atoms with E-state index in [1.165, 1.54) is 5.56 Å². The summed E-state index contributed by atoms with van der Waals surface area (Å²) in [5, 5.41) is 8.45. The molecule has 1 aliphatic rings. The van der Waals surface area contributed by atoms with Crippen molar-refractivity contribution in [2.45, 2.75) is 12.3 Å². The number of rotatable bonds is 5. The second-order valence-corrected chi connectivity index (χ2v) is 6.93. The molecule has 6 nitrogen and oxygen atoms in total. The van der Waals surface area contributed by atoms with Crippen LogP contribution in [0.15, 0.2) is 70.4 Å². The highest BCUT2D eigenvalue weighted by Gasteiger charge is 2.14. The van der Waals surface area contributed by atoms with Gasteiger partial charge in [0.25, 0.3) is 0 Å². The van der Waals surface area contributed by atoms with Gasteiger partial charge in [0.15, 0.2) is 10.9 Å². The molecular weight excluding hydrogens is 346 g/mol. The number of nitrogens with zero attached hydrogens (tertiary/aromatic N) is 4. The van der Waals surface area contributed by atoms with Crippen molar-refractivity contribution >= 4 is 16.9 Å². The first-order valence-electron chi connectivity index (χ1n) is 8.40. The van der Waals surface area contributed by atoms with Crippen LogP contribution in [0.3, 0.4) is 0 Å². The van der Waals surface area contributed by atoms with Crippen molar-refractivity contribution in [2.75, 3.05) is 13.3 Å². The second kappa shape index (κ2) is 8.16. The number of aliphatic imine (C=N–C) groups is 1. The van der Waals surface area contributed by atoms with Gasteiger partial charge in [-0.25, -0.2) is 4.99 Å². The van der Waals surface area contributed by atoms with Crippen LogP contribution in [0.25, 0.3) is 11.3 Å². The summed E-state index contributed by atoms with van der Waals surface area (Å²) in [5.41, 5.74) is 3.14. The molecule has 0 saturated heterocycles. The molecular formula is C19H19N5OS. The van der Waals surface area contributed by atoms with Crippen LogP contribution in [0.1, 0.15) is 11.3 Å². The van der Waals surface area contributed by atoms with Gasteiger partial charge < -0.3 is 9.84 Å². The Balaban J connectivity index is 1.29. The Bertz CT molecular complexity index is 866. The second-order valence-electron chi connectivity index (χ2n) is 5.97. The van der Waals surface area contributed by atoms with Crippen LogP contribution in [-0.4, -0.2) is 33.5 Å². The quantitative estimate of drug-likeness (QED) is 0.748. The number of benzene rings is 1.